The highest BCUT2D eigenvalue weighted by atomic mass is 35.5. The molecular formula is C12H9ClF2N4O. The lowest BCUT2D eigenvalue weighted by Crippen LogP contribution is -2.08. The molecule has 0 bridgehead atoms. The minimum Gasteiger partial charge on any atom is -0.343 e. The predicted octanol–water partition coefficient (Wildman–Crippen LogP) is 2.53. The van der Waals surface area contributed by atoms with Crippen molar-refractivity contribution in [2.24, 2.45) is 0 Å². The second-order valence-corrected chi connectivity index (χ2v) is 4.51. The van der Waals surface area contributed by atoms with Crippen LogP contribution in [0, 0.1) is 11.6 Å². The van der Waals surface area contributed by atoms with Crippen LogP contribution in [0.5, 0.6) is 0 Å². The number of hydrogen-bond acceptors (Lipinski definition) is 4. The number of rotatable bonds is 4. The standard InChI is InChI=1S/C12H9ClF2N4O/c13-4-3-10-17-8-2-1-7(14)11(15)12(8)19(10)5-9-16-6-20-18-9/h1-2,6H,3-5H2. The van der Waals surface area contributed by atoms with E-state index in [0.29, 0.717) is 29.5 Å². The predicted molar refractivity (Wildman–Crippen MR) is 67.5 cm³/mol. The van der Waals surface area contributed by atoms with Crippen molar-refractivity contribution >= 4 is 22.6 Å². The van der Waals surface area contributed by atoms with Gasteiger partial charge in [-0.05, 0) is 12.1 Å². The number of fused-ring (bicyclic) bond motifs is 1. The van der Waals surface area contributed by atoms with Crippen LogP contribution < -0.4 is 0 Å². The molecule has 20 heavy (non-hydrogen) atoms. The highest BCUT2D eigenvalue weighted by Crippen LogP contribution is 2.23. The molecule has 2 heterocycles. The fraction of sp³-hybridized carbons (Fsp3) is 0.250. The second-order valence-electron chi connectivity index (χ2n) is 4.13. The van der Waals surface area contributed by atoms with E-state index in [4.69, 9.17) is 11.6 Å². The molecule has 0 aliphatic carbocycles. The Labute approximate surface area is 117 Å². The Morgan fingerprint density at radius 2 is 2.15 bits per heavy atom. The lowest BCUT2D eigenvalue weighted by molar-refractivity contribution is 0.408. The van der Waals surface area contributed by atoms with E-state index in [1.54, 1.807) is 0 Å². The smallest absolute Gasteiger partial charge is 0.213 e. The minimum absolute atomic E-state index is 0.0786. The Morgan fingerprint density at radius 1 is 1.30 bits per heavy atom. The number of nitrogens with zero attached hydrogens (tertiary/aromatic N) is 4. The summed E-state index contributed by atoms with van der Waals surface area (Å²) in [7, 11) is 0. The summed E-state index contributed by atoms with van der Waals surface area (Å²) >= 11 is 5.72. The average Bonchev–Trinajstić information content (AvgIpc) is 3.04. The first-order valence-electron chi connectivity index (χ1n) is 5.85. The van der Waals surface area contributed by atoms with Crippen LogP contribution in [0.1, 0.15) is 11.6 Å². The van der Waals surface area contributed by atoms with E-state index in [2.05, 4.69) is 19.6 Å². The van der Waals surface area contributed by atoms with Gasteiger partial charge in [0.05, 0.1) is 12.1 Å². The minimum atomic E-state index is -0.945. The zero-order valence-corrected chi connectivity index (χ0v) is 10.9. The zero-order chi connectivity index (χ0) is 14.1. The van der Waals surface area contributed by atoms with Gasteiger partial charge in [0.25, 0.3) is 0 Å². The van der Waals surface area contributed by atoms with Crippen LogP contribution in [0.4, 0.5) is 8.78 Å². The molecule has 0 spiro atoms. The number of aromatic nitrogens is 4. The van der Waals surface area contributed by atoms with Crippen molar-refractivity contribution in [3.05, 3.63) is 41.8 Å². The van der Waals surface area contributed by atoms with E-state index in [0.717, 1.165) is 6.07 Å². The first-order valence-corrected chi connectivity index (χ1v) is 6.38. The highest BCUT2D eigenvalue weighted by molar-refractivity contribution is 6.17. The molecule has 0 fully saturated rings. The van der Waals surface area contributed by atoms with E-state index in [1.165, 1.54) is 17.0 Å². The lowest BCUT2D eigenvalue weighted by atomic mass is 10.3. The maximum absolute atomic E-state index is 14.0. The largest absolute Gasteiger partial charge is 0.343 e. The van der Waals surface area contributed by atoms with Crippen molar-refractivity contribution in [1.29, 1.82) is 0 Å². The molecule has 104 valence electrons. The molecule has 0 amide bonds. The molecule has 0 atom stereocenters. The van der Waals surface area contributed by atoms with E-state index >= 15 is 0 Å². The first kappa shape index (κ1) is 13.0. The number of aryl methyl sites for hydroxylation is 1. The molecule has 0 aliphatic heterocycles. The van der Waals surface area contributed by atoms with Crippen LogP contribution in [-0.4, -0.2) is 25.6 Å². The topological polar surface area (TPSA) is 56.7 Å². The third kappa shape index (κ3) is 2.14. The second kappa shape index (κ2) is 5.16. The van der Waals surface area contributed by atoms with Crippen LogP contribution in [0.25, 0.3) is 11.0 Å². The molecule has 0 aliphatic rings. The lowest BCUT2D eigenvalue weighted by Gasteiger charge is -2.06. The van der Waals surface area contributed by atoms with Gasteiger partial charge in [-0.2, -0.15) is 4.98 Å². The summed E-state index contributed by atoms with van der Waals surface area (Å²) in [5, 5.41) is 3.67. The fourth-order valence-corrected chi connectivity index (χ4v) is 2.22. The summed E-state index contributed by atoms with van der Waals surface area (Å²) in [4.78, 5) is 8.15. The number of benzene rings is 1. The van der Waals surface area contributed by atoms with Crippen molar-refractivity contribution in [2.45, 2.75) is 13.0 Å². The van der Waals surface area contributed by atoms with Gasteiger partial charge in [0.2, 0.25) is 6.39 Å². The van der Waals surface area contributed by atoms with Crippen molar-refractivity contribution < 1.29 is 13.3 Å². The van der Waals surface area contributed by atoms with E-state index in [9.17, 15) is 8.78 Å². The molecule has 3 aromatic rings. The number of alkyl halides is 1. The molecule has 0 saturated heterocycles. The molecule has 3 rings (SSSR count). The monoisotopic (exact) mass is 298 g/mol. The van der Waals surface area contributed by atoms with Gasteiger partial charge in [-0.1, -0.05) is 5.16 Å². The van der Waals surface area contributed by atoms with Gasteiger partial charge in [0, 0.05) is 12.3 Å². The molecule has 8 heteroatoms. The van der Waals surface area contributed by atoms with E-state index in [-0.39, 0.29) is 12.1 Å². The van der Waals surface area contributed by atoms with Crippen molar-refractivity contribution in [2.75, 3.05) is 5.88 Å². The zero-order valence-electron chi connectivity index (χ0n) is 10.2. The third-order valence-corrected chi connectivity index (χ3v) is 3.09. The van der Waals surface area contributed by atoms with Crippen LogP contribution >= 0.6 is 11.6 Å². The summed E-state index contributed by atoms with van der Waals surface area (Å²) in [5.74, 6) is -0.656. The van der Waals surface area contributed by atoms with Crippen molar-refractivity contribution in [3.8, 4) is 0 Å². The summed E-state index contributed by atoms with van der Waals surface area (Å²) < 4.78 is 33.6. The SMILES string of the molecule is Fc1ccc2nc(CCCl)n(Cc3ncon3)c2c1F. The summed E-state index contributed by atoms with van der Waals surface area (Å²) in [6.45, 7) is 0.138. The van der Waals surface area contributed by atoms with Gasteiger partial charge >= 0.3 is 0 Å². The van der Waals surface area contributed by atoms with Gasteiger partial charge in [-0.15, -0.1) is 11.6 Å². The fourth-order valence-electron chi connectivity index (χ4n) is 2.05. The van der Waals surface area contributed by atoms with Gasteiger partial charge in [0.15, 0.2) is 17.5 Å². The van der Waals surface area contributed by atoms with Gasteiger partial charge < -0.3 is 9.09 Å². The summed E-state index contributed by atoms with van der Waals surface area (Å²) in [6, 6.07) is 2.48. The highest BCUT2D eigenvalue weighted by Gasteiger charge is 2.18. The number of imidazole rings is 1. The summed E-state index contributed by atoms with van der Waals surface area (Å²) in [5.41, 5.74) is 0.447. The van der Waals surface area contributed by atoms with Crippen LogP contribution in [-0.2, 0) is 13.0 Å². The quantitative estimate of drug-likeness (QED) is 0.695. The molecule has 0 unspecified atom stereocenters. The maximum atomic E-state index is 14.0. The Bertz CT molecular complexity index is 742. The van der Waals surface area contributed by atoms with Crippen LogP contribution in [0.3, 0.4) is 0 Å². The summed E-state index contributed by atoms with van der Waals surface area (Å²) in [6.07, 6.45) is 1.60. The molecule has 1 aromatic carbocycles. The molecule has 2 aromatic heterocycles. The maximum Gasteiger partial charge on any atom is 0.213 e. The Hall–Kier alpha value is -2.02. The Kier molecular flexibility index (Phi) is 3.35. The Morgan fingerprint density at radius 3 is 2.85 bits per heavy atom. The normalized spacial score (nSPS) is 11.3. The molecule has 5 nitrogen and oxygen atoms in total. The third-order valence-electron chi connectivity index (χ3n) is 2.90. The molecule has 0 N–H and O–H groups in total. The van der Waals surface area contributed by atoms with Crippen LogP contribution in [0.2, 0.25) is 0 Å². The van der Waals surface area contributed by atoms with E-state index in [1.807, 2.05) is 0 Å². The molecule has 0 radical (unpaired) electrons. The number of hydrogen-bond donors (Lipinski definition) is 0. The molecule has 0 saturated carbocycles. The van der Waals surface area contributed by atoms with E-state index < -0.39 is 11.6 Å². The van der Waals surface area contributed by atoms with Gasteiger partial charge in [0.1, 0.15) is 11.3 Å². The van der Waals surface area contributed by atoms with Gasteiger partial charge in [-0.3, -0.25) is 0 Å². The Balaban J connectivity index is 2.19. The van der Waals surface area contributed by atoms with Crippen molar-refractivity contribution in [3.63, 3.8) is 0 Å². The average molecular weight is 299 g/mol. The number of halogens is 3. The van der Waals surface area contributed by atoms with Crippen molar-refractivity contribution in [1.82, 2.24) is 19.7 Å². The first-order chi connectivity index (χ1) is 9.70. The van der Waals surface area contributed by atoms with Crippen LogP contribution in [0.15, 0.2) is 23.0 Å². The van der Waals surface area contributed by atoms with Gasteiger partial charge in [-0.25, -0.2) is 13.8 Å². The molecular weight excluding hydrogens is 290 g/mol.